The van der Waals surface area contributed by atoms with Crippen LogP contribution in [0.25, 0.3) is 0 Å². The van der Waals surface area contributed by atoms with Gasteiger partial charge >= 0.3 is 18.3 Å². The summed E-state index contributed by atoms with van der Waals surface area (Å²) in [5, 5.41) is 19.2. The third kappa shape index (κ3) is 4.05. The van der Waals surface area contributed by atoms with E-state index >= 15 is 0 Å². The molecule has 0 bridgehead atoms. The van der Waals surface area contributed by atoms with Crippen LogP contribution in [0.4, 0.5) is 20.2 Å². The largest absolute Gasteiger partial charge is 0.480 e. The lowest BCUT2D eigenvalue weighted by Crippen LogP contribution is -2.25. The quantitative estimate of drug-likeness (QED) is 0.628. The minimum atomic E-state index is -3.21. The summed E-state index contributed by atoms with van der Waals surface area (Å²) >= 11 is 0. The van der Waals surface area contributed by atoms with Gasteiger partial charge in [-0.15, -0.1) is 0 Å². The lowest BCUT2D eigenvalue weighted by atomic mass is 10.2. The molecule has 0 aliphatic carbocycles. The predicted molar refractivity (Wildman–Crippen MR) is 60.6 cm³/mol. The first-order valence-electron chi connectivity index (χ1n) is 4.97. The van der Waals surface area contributed by atoms with Crippen molar-refractivity contribution in [2.45, 2.75) is 6.61 Å². The van der Waals surface area contributed by atoms with E-state index < -0.39 is 28.9 Å². The molecule has 0 spiro atoms. The van der Waals surface area contributed by atoms with E-state index in [1.54, 1.807) is 0 Å². The second-order valence-electron chi connectivity index (χ2n) is 3.54. The minimum Gasteiger partial charge on any atom is -0.480 e. The Balaban J connectivity index is 3.10. The summed E-state index contributed by atoms with van der Waals surface area (Å²) < 4.78 is 28.4. The summed E-state index contributed by atoms with van der Waals surface area (Å²) in [4.78, 5) is 21.5. The zero-order chi connectivity index (χ0) is 14.6. The molecule has 1 N–H and O–H groups in total. The monoisotopic (exact) mass is 276 g/mol. The average Bonchev–Trinajstić information content (AvgIpc) is 2.26. The molecule has 19 heavy (non-hydrogen) atoms. The highest BCUT2D eigenvalue weighted by Gasteiger charge is 2.20. The van der Waals surface area contributed by atoms with E-state index in [0.717, 1.165) is 12.1 Å². The topological polar surface area (TPSA) is 92.9 Å². The van der Waals surface area contributed by atoms with E-state index in [4.69, 9.17) is 5.11 Å². The van der Waals surface area contributed by atoms with Crippen LogP contribution in [-0.4, -0.2) is 36.2 Å². The van der Waals surface area contributed by atoms with Gasteiger partial charge in [-0.1, -0.05) is 0 Å². The molecule has 1 aromatic rings. The van der Waals surface area contributed by atoms with Crippen LogP contribution >= 0.6 is 0 Å². The number of carbonyl (C=O) groups is 1. The van der Waals surface area contributed by atoms with E-state index in [-0.39, 0.29) is 12.2 Å². The summed E-state index contributed by atoms with van der Waals surface area (Å²) in [6.07, 6.45) is 0. The molecule has 1 aromatic carbocycles. The molecular formula is C10H10F2N2O5. The van der Waals surface area contributed by atoms with Crippen molar-refractivity contribution in [1.82, 2.24) is 0 Å². The number of hydrogen-bond donors (Lipinski definition) is 1. The van der Waals surface area contributed by atoms with E-state index in [1.807, 2.05) is 0 Å². The summed E-state index contributed by atoms with van der Waals surface area (Å²) in [7, 11) is 1.40. The number of anilines is 1. The minimum absolute atomic E-state index is 0.212. The van der Waals surface area contributed by atoms with Crippen molar-refractivity contribution in [3.8, 4) is 5.75 Å². The van der Waals surface area contributed by atoms with E-state index in [1.165, 1.54) is 18.0 Å². The maximum Gasteiger partial charge on any atom is 0.387 e. The number of carboxylic acids is 1. The van der Waals surface area contributed by atoms with Gasteiger partial charge in [-0.2, -0.15) is 8.78 Å². The van der Waals surface area contributed by atoms with Crippen LogP contribution in [0.5, 0.6) is 5.75 Å². The molecule has 0 aliphatic heterocycles. The molecule has 0 amide bonds. The van der Waals surface area contributed by atoms with Crippen molar-refractivity contribution < 1.29 is 28.3 Å². The highest BCUT2D eigenvalue weighted by molar-refractivity contribution is 5.74. The molecule has 0 aliphatic rings. The van der Waals surface area contributed by atoms with E-state index in [2.05, 4.69) is 4.74 Å². The fourth-order valence-electron chi connectivity index (χ4n) is 1.38. The van der Waals surface area contributed by atoms with Crippen molar-refractivity contribution in [2.24, 2.45) is 0 Å². The highest BCUT2D eigenvalue weighted by Crippen LogP contribution is 2.32. The van der Waals surface area contributed by atoms with Crippen molar-refractivity contribution in [1.29, 1.82) is 0 Å². The number of rotatable bonds is 6. The molecule has 0 fully saturated rings. The van der Waals surface area contributed by atoms with Gasteiger partial charge in [-0.05, 0) is 6.07 Å². The van der Waals surface area contributed by atoms with Crippen molar-refractivity contribution in [3.63, 3.8) is 0 Å². The van der Waals surface area contributed by atoms with Crippen molar-refractivity contribution >= 4 is 17.3 Å². The maximum atomic E-state index is 12.2. The van der Waals surface area contributed by atoms with Gasteiger partial charge in [0.05, 0.1) is 4.92 Å². The van der Waals surface area contributed by atoms with Crippen LogP contribution in [0.2, 0.25) is 0 Å². The van der Waals surface area contributed by atoms with Crippen LogP contribution in [0.15, 0.2) is 18.2 Å². The smallest absolute Gasteiger partial charge is 0.387 e. The molecule has 0 aromatic heterocycles. The molecule has 0 saturated heterocycles. The summed E-state index contributed by atoms with van der Waals surface area (Å²) in [6, 6.07) is 3.22. The summed E-state index contributed by atoms with van der Waals surface area (Å²) in [5.41, 5.74) is -0.406. The van der Waals surface area contributed by atoms with Gasteiger partial charge in [-0.25, -0.2) is 0 Å². The number of hydrogen-bond acceptors (Lipinski definition) is 5. The van der Waals surface area contributed by atoms with Crippen molar-refractivity contribution in [3.05, 3.63) is 28.3 Å². The molecule has 0 unspecified atom stereocenters. The normalized spacial score (nSPS) is 10.3. The van der Waals surface area contributed by atoms with Crippen LogP contribution in [0, 0.1) is 10.1 Å². The molecule has 1 rings (SSSR count). The Kier molecular flexibility index (Phi) is 4.56. The van der Waals surface area contributed by atoms with Gasteiger partial charge in [0.15, 0.2) is 0 Å². The lowest BCUT2D eigenvalue weighted by molar-refractivity contribution is -0.386. The first-order chi connectivity index (χ1) is 8.81. The number of nitro benzene ring substituents is 1. The number of carboxylic acid groups (broad SMARTS) is 1. The Labute approximate surface area is 106 Å². The number of benzene rings is 1. The second kappa shape index (κ2) is 5.94. The lowest BCUT2D eigenvalue weighted by Gasteiger charge is -2.17. The number of nitrogens with zero attached hydrogens (tertiary/aromatic N) is 2. The maximum absolute atomic E-state index is 12.2. The summed E-state index contributed by atoms with van der Waals surface area (Å²) in [5.74, 6) is -1.74. The molecule has 0 atom stereocenters. The number of ether oxygens (including phenoxy) is 1. The SMILES string of the molecule is CN(CC(=O)O)c1ccc([N+](=O)[O-])c(OC(F)F)c1. The van der Waals surface area contributed by atoms with Crippen LogP contribution < -0.4 is 9.64 Å². The predicted octanol–water partition coefficient (Wildman–Crippen LogP) is 1.72. The van der Waals surface area contributed by atoms with Gasteiger partial charge in [0.1, 0.15) is 6.54 Å². The van der Waals surface area contributed by atoms with Crippen LogP contribution in [0.1, 0.15) is 0 Å². The van der Waals surface area contributed by atoms with Gasteiger partial charge < -0.3 is 14.7 Å². The number of alkyl halides is 2. The van der Waals surface area contributed by atoms with Crippen molar-refractivity contribution in [2.75, 3.05) is 18.5 Å². The third-order valence-electron chi connectivity index (χ3n) is 2.17. The first-order valence-corrected chi connectivity index (χ1v) is 4.97. The number of halogens is 2. The second-order valence-corrected chi connectivity index (χ2v) is 3.54. The zero-order valence-electron chi connectivity index (χ0n) is 9.75. The molecule has 0 saturated carbocycles. The van der Waals surface area contributed by atoms with Gasteiger partial charge in [0.25, 0.3) is 0 Å². The Morgan fingerprint density at radius 1 is 1.58 bits per heavy atom. The highest BCUT2D eigenvalue weighted by atomic mass is 19.3. The van der Waals surface area contributed by atoms with E-state index in [9.17, 15) is 23.7 Å². The van der Waals surface area contributed by atoms with Gasteiger partial charge in [-0.3, -0.25) is 14.9 Å². The number of aliphatic carboxylic acids is 1. The molecule has 104 valence electrons. The Bertz CT molecular complexity index is 495. The summed E-state index contributed by atoms with van der Waals surface area (Å²) in [6.45, 7) is -3.59. The molecule has 7 nitrogen and oxygen atoms in total. The standard InChI is InChI=1S/C10H10F2N2O5/c1-13(5-9(15)16)6-2-3-7(14(17)18)8(4-6)19-10(11)12/h2-4,10H,5H2,1H3,(H,15,16). The third-order valence-corrected chi connectivity index (χ3v) is 2.17. The Morgan fingerprint density at radius 3 is 2.68 bits per heavy atom. The van der Waals surface area contributed by atoms with E-state index in [0.29, 0.717) is 0 Å². The molecule has 9 heteroatoms. The first kappa shape index (κ1) is 14.6. The molecule has 0 radical (unpaired) electrons. The van der Waals surface area contributed by atoms with Crippen LogP contribution in [-0.2, 0) is 4.79 Å². The van der Waals surface area contributed by atoms with Gasteiger partial charge in [0, 0.05) is 24.9 Å². The zero-order valence-corrected chi connectivity index (χ0v) is 9.75. The Morgan fingerprint density at radius 2 is 2.21 bits per heavy atom. The average molecular weight is 276 g/mol. The fraction of sp³-hybridized carbons (Fsp3) is 0.300. The molecule has 0 heterocycles. The number of likely N-dealkylation sites (N-methyl/N-ethyl adjacent to an activating group) is 1. The fourth-order valence-corrected chi connectivity index (χ4v) is 1.38. The molecular weight excluding hydrogens is 266 g/mol. The Hall–Kier alpha value is -2.45. The van der Waals surface area contributed by atoms with Gasteiger partial charge in [0.2, 0.25) is 5.75 Å². The number of nitro groups is 1. The van der Waals surface area contributed by atoms with Crippen LogP contribution in [0.3, 0.4) is 0 Å².